The molecular formula is C16H20ClN3. The summed E-state index contributed by atoms with van der Waals surface area (Å²) in [4.78, 5) is 6.76. The highest BCUT2D eigenvalue weighted by Crippen LogP contribution is 2.23. The van der Waals surface area contributed by atoms with Gasteiger partial charge in [-0.3, -0.25) is 0 Å². The van der Waals surface area contributed by atoms with E-state index >= 15 is 0 Å². The number of anilines is 1. The van der Waals surface area contributed by atoms with Gasteiger partial charge < -0.3 is 10.6 Å². The van der Waals surface area contributed by atoms with Crippen molar-refractivity contribution in [2.24, 2.45) is 5.73 Å². The third-order valence-corrected chi connectivity index (χ3v) is 3.56. The molecule has 0 radical (unpaired) electrons. The van der Waals surface area contributed by atoms with Gasteiger partial charge in [0, 0.05) is 36.4 Å². The van der Waals surface area contributed by atoms with Gasteiger partial charge in [-0.05, 0) is 43.2 Å². The Bertz CT molecular complexity index is 611. The number of nitrogens with two attached hydrogens (primary N) is 1. The number of aryl methyl sites for hydroxylation is 2. The maximum Gasteiger partial charge on any atom is 0.133 e. The molecule has 0 aliphatic carbocycles. The first-order chi connectivity index (χ1) is 9.51. The molecule has 0 atom stereocenters. The van der Waals surface area contributed by atoms with Gasteiger partial charge in [0.2, 0.25) is 0 Å². The topological polar surface area (TPSA) is 42.1 Å². The summed E-state index contributed by atoms with van der Waals surface area (Å²) >= 11 is 6.03. The SMILES string of the molecule is Cc1cc(C)c(CN)c(N(C)Cc2cccc(Cl)c2)n1. The Kier molecular flexibility index (Phi) is 4.63. The van der Waals surface area contributed by atoms with Crippen LogP contribution in [0.3, 0.4) is 0 Å². The van der Waals surface area contributed by atoms with Crippen LogP contribution >= 0.6 is 11.6 Å². The average Bonchev–Trinajstić information content (AvgIpc) is 2.37. The summed E-state index contributed by atoms with van der Waals surface area (Å²) < 4.78 is 0. The molecule has 0 saturated heterocycles. The largest absolute Gasteiger partial charge is 0.355 e. The predicted octanol–water partition coefficient (Wildman–Crippen LogP) is 3.45. The van der Waals surface area contributed by atoms with E-state index in [-0.39, 0.29) is 0 Å². The summed E-state index contributed by atoms with van der Waals surface area (Å²) in [6.07, 6.45) is 0. The first kappa shape index (κ1) is 14.8. The molecule has 0 fully saturated rings. The van der Waals surface area contributed by atoms with Crippen LogP contribution in [0, 0.1) is 13.8 Å². The first-order valence-electron chi connectivity index (χ1n) is 6.64. The molecule has 20 heavy (non-hydrogen) atoms. The van der Waals surface area contributed by atoms with E-state index in [1.165, 1.54) is 5.56 Å². The van der Waals surface area contributed by atoms with Crippen LogP contribution in [0.4, 0.5) is 5.82 Å². The Morgan fingerprint density at radius 2 is 2.00 bits per heavy atom. The number of benzene rings is 1. The Morgan fingerprint density at radius 3 is 2.65 bits per heavy atom. The molecule has 1 aromatic heterocycles. The van der Waals surface area contributed by atoms with Crippen LogP contribution in [0.2, 0.25) is 5.02 Å². The summed E-state index contributed by atoms with van der Waals surface area (Å²) in [5, 5.41) is 0.753. The summed E-state index contributed by atoms with van der Waals surface area (Å²) in [5.74, 6) is 0.949. The van der Waals surface area contributed by atoms with Gasteiger partial charge in [-0.2, -0.15) is 0 Å². The molecule has 1 aromatic carbocycles. The minimum Gasteiger partial charge on any atom is -0.355 e. The second-order valence-corrected chi connectivity index (χ2v) is 5.51. The number of nitrogens with zero attached hydrogens (tertiary/aromatic N) is 2. The number of aromatic nitrogens is 1. The van der Waals surface area contributed by atoms with Crippen molar-refractivity contribution in [2.75, 3.05) is 11.9 Å². The molecule has 0 aliphatic heterocycles. The van der Waals surface area contributed by atoms with Gasteiger partial charge in [-0.25, -0.2) is 4.98 Å². The molecule has 0 saturated carbocycles. The quantitative estimate of drug-likeness (QED) is 0.937. The Balaban J connectivity index is 2.31. The van der Waals surface area contributed by atoms with Crippen LogP contribution in [0.1, 0.15) is 22.4 Å². The second-order valence-electron chi connectivity index (χ2n) is 5.07. The van der Waals surface area contributed by atoms with Crippen molar-refractivity contribution < 1.29 is 0 Å². The Hall–Kier alpha value is -1.58. The number of rotatable bonds is 4. The van der Waals surface area contributed by atoms with Crippen molar-refractivity contribution in [3.05, 3.63) is 57.7 Å². The van der Waals surface area contributed by atoms with Gasteiger partial charge in [-0.1, -0.05) is 23.7 Å². The van der Waals surface area contributed by atoms with Gasteiger partial charge in [0.1, 0.15) is 5.82 Å². The second kappa shape index (κ2) is 6.25. The highest BCUT2D eigenvalue weighted by molar-refractivity contribution is 6.30. The van der Waals surface area contributed by atoms with Crippen LogP contribution < -0.4 is 10.6 Å². The molecule has 1 heterocycles. The van der Waals surface area contributed by atoms with Crippen molar-refractivity contribution in [1.82, 2.24) is 4.98 Å². The maximum atomic E-state index is 6.03. The number of halogens is 1. The fourth-order valence-electron chi connectivity index (χ4n) is 2.40. The lowest BCUT2D eigenvalue weighted by atomic mass is 10.1. The molecule has 2 N–H and O–H groups in total. The number of pyridine rings is 1. The Labute approximate surface area is 125 Å². The van der Waals surface area contributed by atoms with E-state index < -0.39 is 0 Å². The van der Waals surface area contributed by atoms with E-state index in [0.717, 1.165) is 34.2 Å². The normalized spacial score (nSPS) is 10.7. The van der Waals surface area contributed by atoms with Gasteiger partial charge in [0.05, 0.1) is 0 Å². The zero-order chi connectivity index (χ0) is 14.7. The highest BCUT2D eigenvalue weighted by Gasteiger charge is 2.12. The average molecular weight is 290 g/mol. The molecule has 0 unspecified atom stereocenters. The van der Waals surface area contributed by atoms with Crippen LogP contribution in [0.5, 0.6) is 0 Å². The molecule has 2 rings (SSSR count). The zero-order valence-electron chi connectivity index (χ0n) is 12.2. The molecule has 0 amide bonds. The van der Waals surface area contributed by atoms with E-state index in [9.17, 15) is 0 Å². The minimum absolute atomic E-state index is 0.494. The van der Waals surface area contributed by atoms with Gasteiger partial charge in [-0.15, -0.1) is 0 Å². The van der Waals surface area contributed by atoms with Crippen molar-refractivity contribution in [3.63, 3.8) is 0 Å². The van der Waals surface area contributed by atoms with E-state index in [1.807, 2.05) is 32.2 Å². The standard InChI is InChI=1S/C16H20ClN3/c1-11-7-12(2)19-16(15(11)9-18)20(3)10-13-5-4-6-14(17)8-13/h4-8H,9-10,18H2,1-3H3. The molecule has 3 nitrogen and oxygen atoms in total. The fraction of sp³-hybridized carbons (Fsp3) is 0.312. The lowest BCUT2D eigenvalue weighted by molar-refractivity contribution is 0.865. The predicted molar refractivity (Wildman–Crippen MR) is 85.2 cm³/mol. The molecule has 0 bridgehead atoms. The molecule has 0 spiro atoms. The Morgan fingerprint density at radius 1 is 1.25 bits per heavy atom. The molecular weight excluding hydrogens is 270 g/mol. The smallest absolute Gasteiger partial charge is 0.133 e. The summed E-state index contributed by atoms with van der Waals surface area (Å²) in [6.45, 7) is 5.33. The van der Waals surface area contributed by atoms with Gasteiger partial charge in [0.25, 0.3) is 0 Å². The monoisotopic (exact) mass is 289 g/mol. The van der Waals surface area contributed by atoms with E-state index in [1.54, 1.807) is 0 Å². The van der Waals surface area contributed by atoms with E-state index in [2.05, 4.69) is 28.9 Å². The summed E-state index contributed by atoms with van der Waals surface area (Å²) in [6, 6.07) is 9.95. The van der Waals surface area contributed by atoms with E-state index in [4.69, 9.17) is 17.3 Å². The molecule has 0 aliphatic rings. The van der Waals surface area contributed by atoms with E-state index in [0.29, 0.717) is 6.54 Å². The van der Waals surface area contributed by atoms with Crippen LogP contribution in [-0.4, -0.2) is 12.0 Å². The van der Waals surface area contributed by atoms with Crippen LogP contribution in [0.15, 0.2) is 30.3 Å². The minimum atomic E-state index is 0.494. The van der Waals surface area contributed by atoms with Gasteiger partial charge in [0.15, 0.2) is 0 Å². The molecule has 106 valence electrons. The van der Waals surface area contributed by atoms with Crippen molar-refractivity contribution in [2.45, 2.75) is 26.9 Å². The molecule has 4 heteroatoms. The number of hydrogen-bond acceptors (Lipinski definition) is 3. The third kappa shape index (κ3) is 3.30. The highest BCUT2D eigenvalue weighted by atomic mass is 35.5. The first-order valence-corrected chi connectivity index (χ1v) is 7.02. The van der Waals surface area contributed by atoms with Crippen molar-refractivity contribution in [3.8, 4) is 0 Å². The lowest BCUT2D eigenvalue weighted by Gasteiger charge is -2.23. The third-order valence-electron chi connectivity index (χ3n) is 3.33. The fourth-order valence-corrected chi connectivity index (χ4v) is 2.61. The lowest BCUT2D eigenvalue weighted by Crippen LogP contribution is -2.21. The summed E-state index contributed by atoms with van der Waals surface area (Å²) in [7, 11) is 2.03. The van der Waals surface area contributed by atoms with Crippen molar-refractivity contribution in [1.29, 1.82) is 0 Å². The van der Waals surface area contributed by atoms with Gasteiger partial charge >= 0.3 is 0 Å². The van der Waals surface area contributed by atoms with Crippen LogP contribution in [0.25, 0.3) is 0 Å². The van der Waals surface area contributed by atoms with Crippen LogP contribution in [-0.2, 0) is 13.1 Å². The molecule has 2 aromatic rings. The zero-order valence-corrected chi connectivity index (χ0v) is 12.9. The number of hydrogen-bond donors (Lipinski definition) is 1. The summed E-state index contributed by atoms with van der Waals surface area (Å²) in [5.41, 5.74) is 10.3. The maximum absolute atomic E-state index is 6.03. The van der Waals surface area contributed by atoms with Crippen molar-refractivity contribution >= 4 is 17.4 Å².